The van der Waals surface area contributed by atoms with Crippen LogP contribution in [-0.4, -0.2) is 33.4 Å². The fourth-order valence-electron chi connectivity index (χ4n) is 1.94. The van der Waals surface area contributed by atoms with Crippen LogP contribution < -0.4 is 0 Å². The van der Waals surface area contributed by atoms with Crippen LogP contribution in [0.1, 0.15) is 29.0 Å². The number of rotatable bonds is 2. The third-order valence-electron chi connectivity index (χ3n) is 2.83. The van der Waals surface area contributed by atoms with Gasteiger partial charge in [-0.2, -0.15) is 0 Å². The molecule has 1 fully saturated rings. The van der Waals surface area contributed by atoms with Crippen LogP contribution in [0.4, 0.5) is 0 Å². The number of hydrogen-bond donors (Lipinski definition) is 0. The zero-order valence-corrected chi connectivity index (χ0v) is 9.39. The molecule has 1 atom stereocenters. The van der Waals surface area contributed by atoms with Gasteiger partial charge < -0.3 is 4.90 Å². The van der Waals surface area contributed by atoms with E-state index in [9.17, 15) is 4.79 Å². The van der Waals surface area contributed by atoms with Crippen LogP contribution in [-0.2, 0) is 0 Å². The van der Waals surface area contributed by atoms with Gasteiger partial charge in [0.05, 0.1) is 17.9 Å². The highest BCUT2D eigenvalue weighted by Gasteiger charge is 2.27. The summed E-state index contributed by atoms with van der Waals surface area (Å²) in [5, 5.41) is 0. The van der Waals surface area contributed by atoms with E-state index in [0.717, 1.165) is 25.1 Å². The Kier molecular flexibility index (Phi) is 2.99. The Balaban J connectivity index is 2.18. The molecule has 1 aromatic rings. The van der Waals surface area contributed by atoms with Crippen molar-refractivity contribution >= 4 is 5.91 Å². The molecule has 1 aliphatic heterocycles. The first-order valence-corrected chi connectivity index (χ1v) is 5.44. The van der Waals surface area contributed by atoms with E-state index in [1.54, 1.807) is 6.20 Å². The monoisotopic (exact) mass is 217 g/mol. The van der Waals surface area contributed by atoms with Crippen LogP contribution in [0.5, 0.6) is 0 Å². The molecule has 0 unspecified atom stereocenters. The predicted molar refractivity (Wildman–Crippen MR) is 61.0 cm³/mol. The molecule has 0 aromatic carbocycles. The second-order valence-corrected chi connectivity index (χ2v) is 3.99. The quantitative estimate of drug-likeness (QED) is 0.706. The normalized spacial score (nSPS) is 19.8. The number of carbonyl (C=O) groups excluding carboxylic acids is 1. The van der Waals surface area contributed by atoms with E-state index >= 15 is 0 Å². The number of amides is 1. The van der Waals surface area contributed by atoms with Gasteiger partial charge in [0.2, 0.25) is 0 Å². The van der Waals surface area contributed by atoms with E-state index in [2.05, 4.69) is 16.5 Å². The SMILES string of the molecule is C=C[C@@H]1CCCN1C(=O)c1cnc(C)cn1. The van der Waals surface area contributed by atoms with Gasteiger partial charge in [0, 0.05) is 12.7 Å². The first kappa shape index (κ1) is 10.8. The van der Waals surface area contributed by atoms with Gasteiger partial charge >= 0.3 is 0 Å². The summed E-state index contributed by atoms with van der Waals surface area (Å²) in [6.07, 6.45) is 7.01. The molecule has 0 bridgehead atoms. The van der Waals surface area contributed by atoms with E-state index in [0.29, 0.717) is 5.69 Å². The van der Waals surface area contributed by atoms with Gasteiger partial charge in [-0.25, -0.2) is 4.98 Å². The average molecular weight is 217 g/mol. The third kappa shape index (κ3) is 1.96. The van der Waals surface area contributed by atoms with Crippen molar-refractivity contribution in [1.82, 2.24) is 14.9 Å². The van der Waals surface area contributed by atoms with Crippen LogP contribution in [0.25, 0.3) is 0 Å². The molecule has 16 heavy (non-hydrogen) atoms. The minimum atomic E-state index is -0.0464. The minimum Gasteiger partial charge on any atom is -0.331 e. The van der Waals surface area contributed by atoms with Crippen LogP contribution in [0.2, 0.25) is 0 Å². The first-order valence-electron chi connectivity index (χ1n) is 5.44. The highest BCUT2D eigenvalue weighted by Crippen LogP contribution is 2.19. The number of aryl methyl sites for hydroxylation is 1. The minimum absolute atomic E-state index is 0.0464. The molecule has 1 aromatic heterocycles. The maximum atomic E-state index is 12.1. The summed E-state index contributed by atoms with van der Waals surface area (Å²) in [5.41, 5.74) is 1.23. The Morgan fingerprint density at radius 2 is 2.38 bits per heavy atom. The fraction of sp³-hybridized carbons (Fsp3) is 0.417. The molecular weight excluding hydrogens is 202 g/mol. The van der Waals surface area contributed by atoms with Crippen LogP contribution in [0, 0.1) is 6.92 Å². The summed E-state index contributed by atoms with van der Waals surface area (Å²) in [5.74, 6) is -0.0464. The summed E-state index contributed by atoms with van der Waals surface area (Å²) in [4.78, 5) is 22.1. The Bertz CT molecular complexity index is 399. The molecule has 0 N–H and O–H groups in total. The predicted octanol–water partition coefficient (Wildman–Crippen LogP) is 1.58. The standard InChI is InChI=1S/C12H15N3O/c1-3-10-5-4-6-15(10)12(16)11-8-13-9(2)7-14-11/h3,7-8,10H,1,4-6H2,2H3/t10-/m1/s1. The van der Waals surface area contributed by atoms with Crippen LogP contribution in [0.3, 0.4) is 0 Å². The Labute approximate surface area is 95.0 Å². The van der Waals surface area contributed by atoms with Gasteiger partial charge in [-0.1, -0.05) is 6.08 Å². The molecule has 2 heterocycles. The van der Waals surface area contributed by atoms with Crippen molar-refractivity contribution in [3.05, 3.63) is 36.4 Å². The van der Waals surface area contributed by atoms with E-state index in [4.69, 9.17) is 0 Å². The molecule has 0 spiro atoms. The number of aromatic nitrogens is 2. The Hall–Kier alpha value is -1.71. The van der Waals surface area contributed by atoms with Crippen LogP contribution >= 0.6 is 0 Å². The molecule has 1 amide bonds. The average Bonchev–Trinajstić information content (AvgIpc) is 2.77. The van der Waals surface area contributed by atoms with E-state index in [1.165, 1.54) is 6.20 Å². The van der Waals surface area contributed by atoms with Gasteiger partial charge in [-0.15, -0.1) is 6.58 Å². The Morgan fingerprint density at radius 3 is 3.00 bits per heavy atom. The van der Waals surface area contributed by atoms with Gasteiger partial charge in [0.1, 0.15) is 5.69 Å². The molecule has 84 valence electrons. The molecule has 0 saturated carbocycles. The second kappa shape index (κ2) is 4.43. The molecule has 4 nitrogen and oxygen atoms in total. The number of carbonyl (C=O) groups is 1. The molecule has 2 rings (SSSR count). The second-order valence-electron chi connectivity index (χ2n) is 3.99. The van der Waals surface area contributed by atoms with Gasteiger partial charge in [0.25, 0.3) is 5.91 Å². The lowest BCUT2D eigenvalue weighted by atomic mass is 10.2. The molecule has 1 aliphatic rings. The molecule has 4 heteroatoms. The van der Waals surface area contributed by atoms with Gasteiger partial charge in [-0.05, 0) is 19.8 Å². The summed E-state index contributed by atoms with van der Waals surface area (Å²) >= 11 is 0. The maximum Gasteiger partial charge on any atom is 0.274 e. The fourth-order valence-corrected chi connectivity index (χ4v) is 1.94. The van der Waals surface area contributed by atoms with Crippen molar-refractivity contribution < 1.29 is 4.79 Å². The topological polar surface area (TPSA) is 46.1 Å². The number of nitrogens with zero attached hydrogens (tertiary/aromatic N) is 3. The summed E-state index contributed by atoms with van der Waals surface area (Å²) in [7, 11) is 0. The van der Waals surface area contributed by atoms with Crippen molar-refractivity contribution in [2.45, 2.75) is 25.8 Å². The molecule has 0 radical (unpaired) electrons. The summed E-state index contributed by atoms with van der Waals surface area (Å²) in [6.45, 7) is 6.39. The number of likely N-dealkylation sites (tertiary alicyclic amines) is 1. The van der Waals surface area contributed by atoms with E-state index in [-0.39, 0.29) is 11.9 Å². The van der Waals surface area contributed by atoms with Crippen molar-refractivity contribution in [2.24, 2.45) is 0 Å². The lowest BCUT2D eigenvalue weighted by Crippen LogP contribution is -2.34. The van der Waals surface area contributed by atoms with Crippen molar-refractivity contribution in [2.75, 3.05) is 6.54 Å². The lowest BCUT2D eigenvalue weighted by molar-refractivity contribution is 0.0755. The van der Waals surface area contributed by atoms with Crippen molar-refractivity contribution in [1.29, 1.82) is 0 Å². The smallest absolute Gasteiger partial charge is 0.274 e. The third-order valence-corrected chi connectivity index (χ3v) is 2.83. The van der Waals surface area contributed by atoms with Gasteiger partial charge in [0.15, 0.2) is 0 Å². The molecule has 1 saturated heterocycles. The molecular formula is C12H15N3O. The van der Waals surface area contributed by atoms with Crippen molar-refractivity contribution in [3.63, 3.8) is 0 Å². The number of hydrogen-bond acceptors (Lipinski definition) is 3. The zero-order valence-electron chi connectivity index (χ0n) is 9.39. The van der Waals surface area contributed by atoms with E-state index < -0.39 is 0 Å². The maximum absolute atomic E-state index is 12.1. The lowest BCUT2D eigenvalue weighted by Gasteiger charge is -2.21. The van der Waals surface area contributed by atoms with Gasteiger partial charge in [-0.3, -0.25) is 9.78 Å². The van der Waals surface area contributed by atoms with E-state index in [1.807, 2.05) is 17.9 Å². The van der Waals surface area contributed by atoms with Crippen molar-refractivity contribution in [3.8, 4) is 0 Å². The summed E-state index contributed by atoms with van der Waals surface area (Å²) in [6, 6.07) is 0.149. The van der Waals surface area contributed by atoms with Crippen LogP contribution in [0.15, 0.2) is 25.0 Å². The highest BCUT2D eigenvalue weighted by atomic mass is 16.2. The zero-order chi connectivity index (χ0) is 11.5. The first-order chi connectivity index (χ1) is 7.72. The summed E-state index contributed by atoms with van der Waals surface area (Å²) < 4.78 is 0. The molecule has 0 aliphatic carbocycles. The largest absolute Gasteiger partial charge is 0.331 e. The Morgan fingerprint density at radius 1 is 1.56 bits per heavy atom. The highest BCUT2D eigenvalue weighted by molar-refractivity contribution is 5.92.